The van der Waals surface area contributed by atoms with Crippen molar-refractivity contribution in [2.75, 3.05) is 13.2 Å². The largest absolute Gasteiger partial charge is 0.491 e. The van der Waals surface area contributed by atoms with Gasteiger partial charge in [-0.05, 0) is 32.9 Å². The summed E-state index contributed by atoms with van der Waals surface area (Å²) in [4.78, 5) is 0. The average molecular weight is 254 g/mol. The number of rotatable bonds is 4. The van der Waals surface area contributed by atoms with Crippen LogP contribution in [0, 0.1) is 11.3 Å². The molecule has 0 saturated carbocycles. The minimum atomic E-state index is -0.161. The van der Waals surface area contributed by atoms with E-state index in [1.807, 2.05) is 26.8 Å². The Morgan fingerprint density at radius 2 is 2.00 bits per heavy atom. The van der Waals surface area contributed by atoms with Crippen LogP contribution in [0.15, 0.2) is 18.2 Å². The van der Waals surface area contributed by atoms with Crippen LogP contribution in [-0.4, -0.2) is 18.8 Å². The van der Waals surface area contributed by atoms with Crippen LogP contribution >= 0.6 is 11.6 Å². The van der Waals surface area contributed by atoms with Crippen molar-refractivity contribution in [1.29, 1.82) is 5.26 Å². The molecule has 0 N–H and O–H groups in total. The predicted octanol–water partition coefficient (Wildman–Crippen LogP) is 3.41. The van der Waals surface area contributed by atoms with Gasteiger partial charge in [0.1, 0.15) is 18.4 Å². The summed E-state index contributed by atoms with van der Waals surface area (Å²) in [6.07, 6.45) is 0. The van der Waals surface area contributed by atoms with Gasteiger partial charge in [0.25, 0.3) is 0 Å². The summed E-state index contributed by atoms with van der Waals surface area (Å²) in [6, 6.07) is 7.00. The van der Waals surface area contributed by atoms with E-state index in [1.165, 1.54) is 0 Å². The van der Waals surface area contributed by atoms with Crippen LogP contribution in [0.3, 0.4) is 0 Å². The van der Waals surface area contributed by atoms with Crippen LogP contribution in [0.25, 0.3) is 0 Å². The van der Waals surface area contributed by atoms with Gasteiger partial charge in [-0.15, -0.1) is 0 Å². The molecule has 3 nitrogen and oxygen atoms in total. The molecule has 1 rings (SSSR count). The lowest BCUT2D eigenvalue weighted by Crippen LogP contribution is -2.22. The molecule has 0 saturated heterocycles. The predicted molar refractivity (Wildman–Crippen MR) is 67.4 cm³/mol. The maximum absolute atomic E-state index is 8.72. The van der Waals surface area contributed by atoms with E-state index >= 15 is 0 Å². The lowest BCUT2D eigenvalue weighted by molar-refractivity contribution is -0.0163. The van der Waals surface area contributed by atoms with Gasteiger partial charge in [0, 0.05) is 6.07 Å². The van der Waals surface area contributed by atoms with E-state index in [0.717, 1.165) is 0 Å². The molecule has 0 spiro atoms. The monoisotopic (exact) mass is 253 g/mol. The van der Waals surface area contributed by atoms with Crippen molar-refractivity contribution in [3.05, 3.63) is 28.8 Å². The van der Waals surface area contributed by atoms with Gasteiger partial charge in [-0.2, -0.15) is 5.26 Å². The molecular weight excluding hydrogens is 238 g/mol. The van der Waals surface area contributed by atoms with E-state index in [4.69, 9.17) is 26.3 Å². The Morgan fingerprint density at radius 3 is 2.53 bits per heavy atom. The number of hydrogen-bond donors (Lipinski definition) is 0. The van der Waals surface area contributed by atoms with Crippen molar-refractivity contribution < 1.29 is 9.47 Å². The molecule has 0 amide bonds. The first-order chi connectivity index (χ1) is 7.92. The Bertz CT molecular complexity index is 418. The molecule has 0 radical (unpaired) electrons. The van der Waals surface area contributed by atoms with Crippen molar-refractivity contribution in [3.8, 4) is 11.8 Å². The number of nitrogens with zero attached hydrogens (tertiary/aromatic N) is 1. The lowest BCUT2D eigenvalue weighted by atomic mass is 10.2. The molecule has 0 aromatic heterocycles. The third kappa shape index (κ3) is 5.08. The maximum Gasteiger partial charge on any atom is 0.120 e. The number of benzene rings is 1. The maximum atomic E-state index is 8.72. The molecule has 17 heavy (non-hydrogen) atoms. The Hall–Kier alpha value is -1.24. The van der Waals surface area contributed by atoms with Crippen LogP contribution in [0.4, 0.5) is 0 Å². The zero-order chi connectivity index (χ0) is 12.9. The highest BCUT2D eigenvalue weighted by Gasteiger charge is 2.09. The van der Waals surface area contributed by atoms with Gasteiger partial charge in [0.15, 0.2) is 0 Å². The van der Waals surface area contributed by atoms with Gasteiger partial charge >= 0.3 is 0 Å². The van der Waals surface area contributed by atoms with Crippen molar-refractivity contribution in [3.63, 3.8) is 0 Å². The second-order valence-electron chi connectivity index (χ2n) is 4.56. The number of hydrogen-bond acceptors (Lipinski definition) is 3. The molecule has 0 aliphatic heterocycles. The third-order valence-corrected chi connectivity index (χ3v) is 2.26. The summed E-state index contributed by atoms with van der Waals surface area (Å²) in [5.41, 5.74) is 0.288. The fourth-order valence-corrected chi connectivity index (χ4v) is 1.40. The summed E-state index contributed by atoms with van der Waals surface area (Å²) in [6.45, 7) is 6.95. The zero-order valence-electron chi connectivity index (χ0n) is 10.3. The lowest BCUT2D eigenvalue weighted by Gasteiger charge is -2.19. The first kappa shape index (κ1) is 13.8. The highest BCUT2D eigenvalue weighted by Crippen LogP contribution is 2.21. The Balaban J connectivity index is 2.43. The van der Waals surface area contributed by atoms with Crippen LogP contribution in [0.2, 0.25) is 5.02 Å². The average Bonchev–Trinajstić information content (AvgIpc) is 2.23. The summed E-state index contributed by atoms with van der Waals surface area (Å²) in [7, 11) is 0. The van der Waals surface area contributed by atoms with Gasteiger partial charge < -0.3 is 9.47 Å². The minimum Gasteiger partial charge on any atom is -0.491 e. The molecule has 1 aromatic rings. The third-order valence-electron chi connectivity index (χ3n) is 1.95. The van der Waals surface area contributed by atoms with Crippen LogP contribution in [-0.2, 0) is 4.74 Å². The second-order valence-corrected chi connectivity index (χ2v) is 4.97. The molecule has 0 fully saturated rings. The molecule has 0 aliphatic rings. The zero-order valence-corrected chi connectivity index (χ0v) is 11.0. The van der Waals surface area contributed by atoms with Crippen molar-refractivity contribution in [2.45, 2.75) is 26.4 Å². The smallest absolute Gasteiger partial charge is 0.120 e. The van der Waals surface area contributed by atoms with Crippen LogP contribution in [0.1, 0.15) is 26.3 Å². The molecule has 0 heterocycles. The normalized spacial score (nSPS) is 11.0. The fourth-order valence-electron chi connectivity index (χ4n) is 1.18. The van der Waals surface area contributed by atoms with Crippen molar-refractivity contribution >= 4 is 11.6 Å². The Kier molecular flexibility index (Phi) is 4.80. The van der Waals surface area contributed by atoms with Crippen LogP contribution in [0.5, 0.6) is 5.75 Å². The number of nitriles is 1. The number of halogens is 1. The molecule has 0 aliphatic carbocycles. The van der Waals surface area contributed by atoms with Crippen molar-refractivity contribution in [2.24, 2.45) is 0 Å². The molecule has 4 heteroatoms. The highest BCUT2D eigenvalue weighted by molar-refractivity contribution is 6.31. The Labute approximate surface area is 107 Å². The van der Waals surface area contributed by atoms with E-state index in [0.29, 0.717) is 29.5 Å². The number of ether oxygens (including phenoxy) is 2. The molecule has 0 bridgehead atoms. The van der Waals surface area contributed by atoms with Gasteiger partial charge in [0.2, 0.25) is 0 Å². The summed E-state index contributed by atoms with van der Waals surface area (Å²) in [5, 5.41) is 9.12. The summed E-state index contributed by atoms with van der Waals surface area (Å²) < 4.78 is 11.0. The molecule has 92 valence electrons. The van der Waals surface area contributed by atoms with Gasteiger partial charge in [-0.25, -0.2) is 0 Å². The van der Waals surface area contributed by atoms with Gasteiger partial charge in [0.05, 0.1) is 22.8 Å². The first-order valence-corrected chi connectivity index (χ1v) is 5.76. The van der Waals surface area contributed by atoms with E-state index in [1.54, 1.807) is 18.2 Å². The van der Waals surface area contributed by atoms with Crippen molar-refractivity contribution in [1.82, 2.24) is 0 Å². The fraction of sp³-hybridized carbons (Fsp3) is 0.462. The molecule has 1 aromatic carbocycles. The summed E-state index contributed by atoms with van der Waals surface area (Å²) >= 11 is 5.88. The van der Waals surface area contributed by atoms with Gasteiger partial charge in [-0.3, -0.25) is 0 Å². The standard InChI is InChI=1S/C13H16ClNO2/c1-13(2,3)17-7-6-16-11-5-4-10(9-15)12(14)8-11/h4-5,8H,6-7H2,1-3H3. The van der Waals surface area contributed by atoms with E-state index < -0.39 is 0 Å². The van der Waals surface area contributed by atoms with E-state index in [9.17, 15) is 0 Å². The topological polar surface area (TPSA) is 42.2 Å². The minimum absolute atomic E-state index is 0.161. The highest BCUT2D eigenvalue weighted by atomic mass is 35.5. The Morgan fingerprint density at radius 1 is 1.29 bits per heavy atom. The first-order valence-electron chi connectivity index (χ1n) is 5.39. The molecular formula is C13H16ClNO2. The molecule has 0 unspecified atom stereocenters. The summed E-state index contributed by atoms with van der Waals surface area (Å²) in [5.74, 6) is 0.645. The second kappa shape index (κ2) is 5.90. The van der Waals surface area contributed by atoms with Crippen LogP contribution < -0.4 is 4.74 Å². The molecule has 0 atom stereocenters. The SMILES string of the molecule is CC(C)(C)OCCOc1ccc(C#N)c(Cl)c1. The van der Waals surface area contributed by atoms with Gasteiger partial charge in [-0.1, -0.05) is 11.6 Å². The van der Waals surface area contributed by atoms with E-state index in [2.05, 4.69) is 0 Å². The van der Waals surface area contributed by atoms with E-state index in [-0.39, 0.29) is 5.60 Å². The quantitative estimate of drug-likeness (QED) is 0.773.